The van der Waals surface area contributed by atoms with Gasteiger partial charge < -0.3 is 0 Å². The Morgan fingerprint density at radius 1 is 0.923 bits per heavy atom. The minimum atomic E-state index is -0.431. The topological polar surface area (TPSA) is 0 Å². The van der Waals surface area contributed by atoms with Crippen molar-refractivity contribution < 1.29 is 0 Å². The Kier molecular flexibility index (Phi) is 3.95. The van der Waals surface area contributed by atoms with Crippen LogP contribution in [0.1, 0.15) is 48.0 Å². The zero-order valence-corrected chi connectivity index (χ0v) is 11.6. The highest BCUT2D eigenvalue weighted by Crippen LogP contribution is 2.56. The molecule has 0 bridgehead atoms. The maximum absolute atomic E-state index is 2.47. The second kappa shape index (κ2) is 3.84. The minimum absolute atomic E-state index is 0.431. The first kappa shape index (κ1) is 13.4. The van der Waals surface area contributed by atoms with Gasteiger partial charge in [-0.2, -0.15) is 0 Å². The first-order valence-electron chi connectivity index (χ1n) is 5.22. The predicted octanol–water partition coefficient (Wildman–Crippen LogP) is 4.29. The molecule has 0 aromatic heterocycles. The van der Waals surface area contributed by atoms with Gasteiger partial charge in [0.1, 0.15) is 0 Å². The zero-order valence-electron chi connectivity index (χ0n) is 10.8. The van der Waals surface area contributed by atoms with E-state index in [2.05, 4.69) is 54.1 Å². The van der Waals surface area contributed by atoms with Gasteiger partial charge in [0.15, 0.2) is 0 Å². The lowest BCUT2D eigenvalue weighted by Crippen LogP contribution is -2.33. The maximum atomic E-state index is 2.47. The van der Waals surface area contributed by atoms with Crippen LogP contribution in [0.3, 0.4) is 0 Å². The molecule has 0 spiro atoms. The van der Waals surface area contributed by atoms with E-state index in [1.807, 2.05) is 0 Å². The first-order valence-corrected chi connectivity index (χ1v) is 7.84. The fourth-order valence-electron chi connectivity index (χ4n) is 1.86. The van der Waals surface area contributed by atoms with E-state index in [4.69, 9.17) is 0 Å². The lowest BCUT2D eigenvalue weighted by Gasteiger charge is -2.49. The van der Waals surface area contributed by atoms with Gasteiger partial charge in [-0.1, -0.05) is 41.5 Å². The van der Waals surface area contributed by atoms with Crippen LogP contribution in [-0.2, 0) is 0 Å². The molecule has 0 radical (unpaired) electrons. The molecule has 0 aliphatic rings. The van der Waals surface area contributed by atoms with E-state index in [-0.39, 0.29) is 0 Å². The van der Waals surface area contributed by atoms with Crippen molar-refractivity contribution >= 4 is 10.0 Å². The molecule has 0 N–H and O–H groups in total. The van der Waals surface area contributed by atoms with E-state index in [1.54, 1.807) is 0 Å². The normalized spacial score (nSPS) is 16.0. The van der Waals surface area contributed by atoms with E-state index < -0.39 is 10.0 Å². The highest BCUT2D eigenvalue weighted by atomic mass is 32.3. The van der Waals surface area contributed by atoms with Crippen molar-refractivity contribution in [2.24, 2.45) is 5.41 Å². The van der Waals surface area contributed by atoms with Gasteiger partial charge in [-0.05, 0) is 34.8 Å². The summed E-state index contributed by atoms with van der Waals surface area (Å²) in [6.45, 7) is 14.3. The van der Waals surface area contributed by atoms with Crippen LogP contribution in [0.25, 0.3) is 0 Å². The first-order chi connectivity index (χ1) is 5.52. The van der Waals surface area contributed by atoms with Crippen molar-refractivity contribution in [3.05, 3.63) is 0 Å². The Morgan fingerprint density at radius 2 is 1.31 bits per heavy atom. The van der Waals surface area contributed by atoms with Gasteiger partial charge in [-0.25, -0.2) is 10.0 Å². The summed E-state index contributed by atoms with van der Waals surface area (Å²) in [4.78, 5) is 0. The molecule has 0 heterocycles. The second-order valence-corrected chi connectivity index (χ2v) is 11.1. The molecule has 1 heteroatoms. The lowest BCUT2D eigenvalue weighted by atomic mass is 9.86. The monoisotopic (exact) mass is 204 g/mol. The SMILES string of the molecule is CCS(C)(C)C(C)(C)CC(C)(C)C. The highest BCUT2D eigenvalue weighted by molar-refractivity contribution is 8.33. The van der Waals surface area contributed by atoms with Gasteiger partial charge in [0.2, 0.25) is 0 Å². The Morgan fingerprint density at radius 3 is 1.54 bits per heavy atom. The van der Waals surface area contributed by atoms with Gasteiger partial charge in [0.05, 0.1) is 0 Å². The quantitative estimate of drug-likeness (QED) is 0.643. The summed E-state index contributed by atoms with van der Waals surface area (Å²) in [5.74, 6) is 1.34. The number of rotatable bonds is 3. The van der Waals surface area contributed by atoms with E-state index in [0.29, 0.717) is 10.2 Å². The van der Waals surface area contributed by atoms with Crippen LogP contribution in [0, 0.1) is 5.41 Å². The Bertz CT molecular complexity index is 160. The molecule has 0 aliphatic heterocycles. The average Bonchev–Trinajstić information content (AvgIpc) is 1.81. The van der Waals surface area contributed by atoms with Crippen molar-refractivity contribution in [3.63, 3.8) is 0 Å². The van der Waals surface area contributed by atoms with Crippen molar-refractivity contribution in [3.8, 4) is 0 Å². The third-order valence-electron chi connectivity index (χ3n) is 3.17. The molecular formula is C12H28S. The molecule has 0 aliphatic carbocycles. The third kappa shape index (κ3) is 3.93. The zero-order chi connectivity index (χ0) is 10.9. The molecule has 0 fully saturated rings. The maximum Gasteiger partial charge on any atom is -0.00540 e. The van der Waals surface area contributed by atoms with Crippen LogP contribution in [0.2, 0.25) is 0 Å². The van der Waals surface area contributed by atoms with Gasteiger partial charge in [0.25, 0.3) is 0 Å². The number of hydrogen-bond donors (Lipinski definition) is 0. The van der Waals surface area contributed by atoms with Crippen LogP contribution < -0.4 is 0 Å². The molecule has 0 aromatic rings. The van der Waals surface area contributed by atoms with Crippen molar-refractivity contribution in [2.75, 3.05) is 18.3 Å². The molecule has 0 saturated heterocycles. The Labute approximate surface area is 86.8 Å². The van der Waals surface area contributed by atoms with Crippen molar-refractivity contribution in [1.82, 2.24) is 0 Å². The highest BCUT2D eigenvalue weighted by Gasteiger charge is 2.34. The fourth-order valence-corrected chi connectivity index (χ4v) is 3.47. The summed E-state index contributed by atoms with van der Waals surface area (Å²) in [5.41, 5.74) is 0.461. The average molecular weight is 204 g/mol. The summed E-state index contributed by atoms with van der Waals surface area (Å²) >= 11 is 0. The standard InChI is InChI=1S/C12H28S/c1-9-13(7,8)12(5,6)10-11(2,3)4/h9-10H2,1-8H3. The predicted molar refractivity (Wildman–Crippen MR) is 68.1 cm³/mol. The summed E-state index contributed by atoms with van der Waals surface area (Å²) < 4.78 is 0.514. The van der Waals surface area contributed by atoms with E-state index in [1.165, 1.54) is 12.2 Å². The second-order valence-electron chi connectivity index (χ2n) is 6.32. The fraction of sp³-hybridized carbons (Fsp3) is 1.00. The third-order valence-corrected chi connectivity index (χ3v) is 7.75. The van der Waals surface area contributed by atoms with E-state index >= 15 is 0 Å². The molecule has 0 unspecified atom stereocenters. The summed E-state index contributed by atoms with van der Waals surface area (Å²) in [6.07, 6.45) is 6.27. The molecule has 0 atom stereocenters. The van der Waals surface area contributed by atoms with Crippen molar-refractivity contribution in [2.45, 2.75) is 52.7 Å². The molecule has 0 saturated carbocycles. The molecule has 0 amide bonds. The van der Waals surface area contributed by atoms with Gasteiger partial charge >= 0.3 is 0 Å². The molecule has 0 nitrogen and oxygen atoms in total. The lowest BCUT2D eigenvalue weighted by molar-refractivity contribution is 0.337. The number of hydrogen-bond acceptors (Lipinski definition) is 0. The van der Waals surface area contributed by atoms with Crippen LogP contribution in [-0.4, -0.2) is 23.0 Å². The van der Waals surface area contributed by atoms with E-state index in [0.717, 1.165) is 0 Å². The van der Waals surface area contributed by atoms with Crippen LogP contribution in [0.15, 0.2) is 0 Å². The van der Waals surface area contributed by atoms with Crippen LogP contribution in [0.5, 0.6) is 0 Å². The van der Waals surface area contributed by atoms with Crippen LogP contribution >= 0.6 is 10.0 Å². The molecule has 82 valence electrons. The van der Waals surface area contributed by atoms with E-state index in [9.17, 15) is 0 Å². The molecular weight excluding hydrogens is 176 g/mol. The van der Waals surface area contributed by atoms with Gasteiger partial charge in [-0.15, -0.1) is 0 Å². The Hall–Kier alpha value is 0.350. The molecule has 0 aromatic carbocycles. The largest absolute Gasteiger partial charge is 0.242 e. The van der Waals surface area contributed by atoms with Gasteiger partial charge in [-0.3, -0.25) is 0 Å². The van der Waals surface area contributed by atoms with Gasteiger partial charge in [0, 0.05) is 0 Å². The summed E-state index contributed by atoms with van der Waals surface area (Å²) in [7, 11) is -0.431. The molecule has 0 rings (SSSR count). The summed E-state index contributed by atoms with van der Waals surface area (Å²) in [6, 6.07) is 0. The minimum Gasteiger partial charge on any atom is -0.242 e. The summed E-state index contributed by atoms with van der Waals surface area (Å²) in [5, 5.41) is 0. The van der Waals surface area contributed by atoms with Crippen LogP contribution in [0.4, 0.5) is 0 Å². The smallest absolute Gasteiger partial charge is 0.00540 e. The Balaban J connectivity index is 4.58. The van der Waals surface area contributed by atoms with Crippen molar-refractivity contribution in [1.29, 1.82) is 0 Å². The molecule has 13 heavy (non-hydrogen) atoms.